The molecule has 13 heavy (non-hydrogen) atoms. The summed E-state index contributed by atoms with van der Waals surface area (Å²) in [7, 11) is 1.76. The molecule has 2 aliphatic rings. The summed E-state index contributed by atoms with van der Waals surface area (Å²) >= 11 is 0. The summed E-state index contributed by atoms with van der Waals surface area (Å²) in [4.78, 5) is 0. The first-order valence-corrected chi connectivity index (χ1v) is 4.60. The molecule has 1 unspecified atom stereocenters. The summed E-state index contributed by atoms with van der Waals surface area (Å²) in [5.41, 5.74) is 4.01. The van der Waals surface area contributed by atoms with E-state index in [0.717, 1.165) is 6.42 Å². The second-order valence-corrected chi connectivity index (χ2v) is 3.49. The van der Waals surface area contributed by atoms with Crippen LogP contribution in [0.3, 0.4) is 0 Å². The lowest BCUT2D eigenvalue weighted by molar-refractivity contribution is 0.168. The average molecular weight is 174 g/mol. The van der Waals surface area contributed by atoms with E-state index in [2.05, 4.69) is 37.3 Å². The van der Waals surface area contributed by atoms with E-state index < -0.39 is 0 Å². The van der Waals surface area contributed by atoms with Crippen molar-refractivity contribution in [3.05, 3.63) is 47.1 Å². The number of rotatable bonds is 1. The molecule has 0 saturated heterocycles. The highest BCUT2D eigenvalue weighted by Gasteiger charge is 2.19. The lowest BCUT2D eigenvalue weighted by atomic mass is 9.87. The van der Waals surface area contributed by atoms with E-state index >= 15 is 0 Å². The molecule has 2 aliphatic carbocycles. The highest BCUT2D eigenvalue weighted by atomic mass is 16.5. The maximum atomic E-state index is 5.41. The fraction of sp³-hybridized carbons (Fsp3) is 0.333. The van der Waals surface area contributed by atoms with E-state index in [1.54, 1.807) is 7.11 Å². The molecule has 0 aromatic rings. The Balaban J connectivity index is 2.38. The first-order chi connectivity index (χ1) is 6.31. The summed E-state index contributed by atoms with van der Waals surface area (Å²) in [6.45, 7) is 2.12. The van der Waals surface area contributed by atoms with Gasteiger partial charge in [0.1, 0.15) is 6.10 Å². The van der Waals surface area contributed by atoms with Crippen LogP contribution < -0.4 is 0 Å². The third-order valence-electron chi connectivity index (χ3n) is 2.50. The van der Waals surface area contributed by atoms with Gasteiger partial charge in [0.05, 0.1) is 0 Å². The Labute approximate surface area is 79.1 Å². The molecular weight excluding hydrogens is 160 g/mol. The molecule has 0 spiro atoms. The number of hydrogen-bond acceptors (Lipinski definition) is 1. The molecule has 0 aliphatic heterocycles. The molecule has 0 saturated carbocycles. The Kier molecular flexibility index (Phi) is 2.19. The van der Waals surface area contributed by atoms with Crippen molar-refractivity contribution in [1.29, 1.82) is 0 Å². The van der Waals surface area contributed by atoms with Crippen LogP contribution in [0, 0.1) is 0 Å². The van der Waals surface area contributed by atoms with Gasteiger partial charge >= 0.3 is 0 Å². The summed E-state index contributed by atoms with van der Waals surface area (Å²) in [6, 6.07) is 0. The largest absolute Gasteiger partial charge is 0.373 e. The maximum Gasteiger partial charge on any atom is 0.101 e. The topological polar surface area (TPSA) is 9.23 Å². The highest BCUT2D eigenvalue weighted by molar-refractivity contribution is 5.50. The van der Waals surface area contributed by atoms with Crippen LogP contribution in [0.15, 0.2) is 47.1 Å². The van der Waals surface area contributed by atoms with Crippen LogP contribution in [0.5, 0.6) is 0 Å². The predicted molar refractivity (Wildman–Crippen MR) is 54.5 cm³/mol. The molecule has 1 nitrogen and oxygen atoms in total. The standard InChI is InChI=1S/C12H14O/c1-9-7-10-5-3-4-6-11(10)12(8-9)13-2/h3-4,6-8,12H,5H2,1-2H3. The third-order valence-corrected chi connectivity index (χ3v) is 2.50. The van der Waals surface area contributed by atoms with Crippen LogP contribution in [0.25, 0.3) is 0 Å². The summed E-state index contributed by atoms with van der Waals surface area (Å²) in [5.74, 6) is 0. The van der Waals surface area contributed by atoms with Gasteiger partial charge in [0.2, 0.25) is 0 Å². The van der Waals surface area contributed by atoms with E-state index in [1.807, 2.05) is 0 Å². The van der Waals surface area contributed by atoms with Gasteiger partial charge in [-0.3, -0.25) is 0 Å². The average Bonchev–Trinajstić information content (AvgIpc) is 2.16. The molecule has 68 valence electrons. The molecule has 0 aromatic carbocycles. The van der Waals surface area contributed by atoms with Crippen molar-refractivity contribution in [3.63, 3.8) is 0 Å². The third kappa shape index (κ3) is 1.52. The number of ether oxygens (including phenoxy) is 1. The van der Waals surface area contributed by atoms with E-state index in [9.17, 15) is 0 Å². The van der Waals surface area contributed by atoms with Crippen LogP contribution in [0.4, 0.5) is 0 Å². The van der Waals surface area contributed by atoms with E-state index in [-0.39, 0.29) is 6.10 Å². The Morgan fingerprint density at radius 1 is 1.46 bits per heavy atom. The van der Waals surface area contributed by atoms with Gasteiger partial charge in [-0.2, -0.15) is 0 Å². The minimum atomic E-state index is 0.157. The zero-order chi connectivity index (χ0) is 9.26. The molecule has 0 bridgehead atoms. The van der Waals surface area contributed by atoms with Gasteiger partial charge in [-0.1, -0.05) is 29.9 Å². The fourth-order valence-electron chi connectivity index (χ4n) is 1.86. The van der Waals surface area contributed by atoms with Crippen LogP contribution in [-0.2, 0) is 4.74 Å². The maximum absolute atomic E-state index is 5.41. The quantitative estimate of drug-likeness (QED) is 0.594. The molecule has 0 heterocycles. The van der Waals surface area contributed by atoms with Crippen molar-refractivity contribution in [1.82, 2.24) is 0 Å². The SMILES string of the molecule is COC1C=C(C)C=C2CC=CC=C21. The molecule has 0 radical (unpaired) electrons. The minimum Gasteiger partial charge on any atom is -0.373 e. The molecule has 2 rings (SSSR count). The summed E-state index contributed by atoms with van der Waals surface area (Å²) in [6.07, 6.45) is 12.0. The van der Waals surface area contributed by atoms with Gasteiger partial charge in [-0.15, -0.1) is 0 Å². The first-order valence-electron chi connectivity index (χ1n) is 4.60. The molecule has 1 atom stereocenters. The van der Waals surface area contributed by atoms with Crippen molar-refractivity contribution in [2.75, 3.05) is 7.11 Å². The summed E-state index contributed by atoms with van der Waals surface area (Å²) < 4.78 is 5.41. The molecule has 0 amide bonds. The normalized spacial score (nSPS) is 26.0. The number of fused-ring (bicyclic) bond motifs is 1. The van der Waals surface area contributed by atoms with Crippen LogP contribution in [-0.4, -0.2) is 13.2 Å². The lowest BCUT2D eigenvalue weighted by Crippen LogP contribution is -2.17. The number of hydrogen-bond donors (Lipinski definition) is 0. The molecular formula is C12H14O. The summed E-state index contributed by atoms with van der Waals surface area (Å²) in [5, 5.41) is 0. The van der Waals surface area contributed by atoms with E-state index in [0.29, 0.717) is 0 Å². The zero-order valence-electron chi connectivity index (χ0n) is 8.08. The van der Waals surface area contributed by atoms with Crippen LogP contribution in [0.1, 0.15) is 13.3 Å². The Morgan fingerprint density at radius 2 is 2.31 bits per heavy atom. The molecule has 0 aromatic heterocycles. The molecule has 0 fully saturated rings. The Morgan fingerprint density at radius 3 is 3.08 bits per heavy atom. The van der Waals surface area contributed by atoms with Gasteiger partial charge in [-0.25, -0.2) is 0 Å². The van der Waals surface area contributed by atoms with Crippen molar-refractivity contribution < 1.29 is 4.74 Å². The van der Waals surface area contributed by atoms with Gasteiger partial charge in [0, 0.05) is 7.11 Å². The van der Waals surface area contributed by atoms with Crippen molar-refractivity contribution in [2.45, 2.75) is 19.4 Å². The highest BCUT2D eigenvalue weighted by Crippen LogP contribution is 2.30. The number of allylic oxidation sites excluding steroid dienone is 5. The van der Waals surface area contributed by atoms with Crippen molar-refractivity contribution in [2.24, 2.45) is 0 Å². The fourth-order valence-corrected chi connectivity index (χ4v) is 1.86. The van der Waals surface area contributed by atoms with Crippen LogP contribution >= 0.6 is 0 Å². The second-order valence-electron chi connectivity index (χ2n) is 3.49. The Hall–Kier alpha value is -1.08. The van der Waals surface area contributed by atoms with E-state index in [4.69, 9.17) is 4.74 Å². The van der Waals surface area contributed by atoms with Gasteiger partial charge in [0.25, 0.3) is 0 Å². The smallest absolute Gasteiger partial charge is 0.101 e. The lowest BCUT2D eigenvalue weighted by Gasteiger charge is -2.24. The molecule has 1 heteroatoms. The van der Waals surface area contributed by atoms with Gasteiger partial charge < -0.3 is 4.74 Å². The van der Waals surface area contributed by atoms with Crippen molar-refractivity contribution >= 4 is 0 Å². The molecule has 0 N–H and O–H groups in total. The zero-order valence-corrected chi connectivity index (χ0v) is 8.08. The Bertz CT molecular complexity index is 329. The van der Waals surface area contributed by atoms with Crippen molar-refractivity contribution in [3.8, 4) is 0 Å². The van der Waals surface area contributed by atoms with Gasteiger partial charge in [-0.05, 0) is 30.6 Å². The second kappa shape index (κ2) is 3.35. The predicted octanol–water partition coefficient (Wildman–Crippen LogP) is 2.77. The first kappa shape index (κ1) is 8.52. The van der Waals surface area contributed by atoms with E-state index in [1.165, 1.54) is 16.7 Å². The monoisotopic (exact) mass is 174 g/mol. The number of methoxy groups -OCH3 is 1. The van der Waals surface area contributed by atoms with Gasteiger partial charge in [0.15, 0.2) is 0 Å². The van der Waals surface area contributed by atoms with Crippen LogP contribution in [0.2, 0.25) is 0 Å². The minimum absolute atomic E-state index is 0.157.